The van der Waals surface area contributed by atoms with Crippen LogP contribution in [0.5, 0.6) is 0 Å². The van der Waals surface area contributed by atoms with Crippen LogP contribution in [-0.2, 0) is 9.59 Å². The molecule has 2 rings (SSSR count). The van der Waals surface area contributed by atoms with Gasteiger partial charge in [0, 0.05) is 15.5 Å². The van der Waals surface area contributed by atoms with E-state index in [0.29, 0.717) is 18.7 Å². The van der Waals surface area contributed by atoms with E-state index in [-0.39, 0.29) is 5.91 Å². The number of para-hydroxylation sites is 1. The molecule has 1 aromatic carbocycles. The van der Waals surface area contributed by atoms with Crippen molar-refractivity contribution in [2.24, 2.45) is 5.92 Å². The van der Waals surface area contributed by atoms with Gasteiger partial charge in [-0.25, -0.2) is 0 Å². The molecule has 0 radical (unpaired) electrons. The number of benzene rings is 1. The third-order valence-electron chi connectivity index (χ3n) is 2.71. The maximum Gasteiger partial charge on any atom is 0.316 e. The summed E-state index contributed by atoms with van der Waals surface area (Å²) in [4.78, 5) is 24.3. The normalized spacial score (nSPS) is 19.8. The molecule has 90 valence electrons. The molecule has 0 spiro atoms. The number of carbonyl (C=O) groups excluding carboxylic acids is 1. The van der Waals surface area contributed by atoms with Crippen LogP contribution in [0.2, 0.25) is 0 Å². The first-order valence-electron chi connectivity index (χ1n) is 5.00. The number of aliphatic carboxylic acids is 1. The fourth-order valence-electron chi connectivity index (χ4n) is 1.88. The molecule has 0 bridgehead atoms. The molecule has 17 heavy (non-hydrogen) atoms. The molecule has 1 saturated heterocycles. The van der Waals surface area contributed by atoms with Crippen molar-refractivity contribution in [3.63, 3.8) is 0 Å². The molecule has 1 fully saturated rings. The fourth-order valence-corrected chi connectivity index (χ4v) is 3.30. The monoisotopic (exact) mass is 361 g/mol. The van der Waals surface area contributed by atoms with Gasteiger partial charge in [-0.05, 0) is 50.4 Å². The highest BCUT2D eigenvalue weighted by molar-refractivity contribution is 9.11. The summed E-state index contributed by atoms with van der Waals surface area (Å²) in [6.07, 6.45) is 0.349. The van der Waals surface area contributed by atoms with Crippen molar-refractivity contribution >= 4 is 49.4 Å². The first kappa shape index (κ1) is 12.6. The van der Waals surface area contributed by atoms with Crippen molar-refractivity contribution in [2.45, 2.75) is 6.42 Å². The molecular formula is C11H9Br2NO3. The number of amides is 1. The van der Waals surface area contributed by atoms with Crippen LogP contribution in [0.15, 0.2) is 27.1 Å². The predicted octanol–water partition coefficient (Wildman–Crippen LogP) is 2.65. The Morgan fingerprint density at radius 1 is 1.35 bits per heavy atom. The number of carboxylic acid groups (broad SMARTS) is 1. The van der Waals surface area contributed by atoms with Gasteiger partial charge in [0.1, 0.15) is 5.92 Å². The Kier molecular flexibility index (Phi) is 3.53. The Hall–Kier alpha value is -0.880. The van der Waals surface area contributed by atoms with Crippen LogP contribution in [-0.4, -0.2) is 23.5 Å². The lowest BCUT2D eigenvalue weighted by molar-refractivity contribution is -0.144. The van der Waals surface area contributed by atoms with E-state index in [1.807, 2.05) is 18.2 Å². The molecule has 1 heterocycles. The number of hydrogen-bond donors (Lipinski definition) is 1. The fraction of sp³-hybridized carbons (Fsp3) is 0.273. The van der Waals surface area contributed by atoms with Crippen molar-refractivity contribution in [1.82, 2.24) is 0 Å². The maximum absolute atomic E-state index is 12.0. The third kappa shape index (κ3) is 2.24. The molecule has 1 aromatic rings. The lowest BCUT2D eigenvalue weighted by atomic mass is 10.1. The number of hydrogen-bond acceptors (Lipinski definition) is 2. The van der Waals surface area contributed by atoms with E-state index in [2.05, 4.69) is 31.9 Å². The lowest BCUT2D eigenvalue weighted by Gasteiger charge is -2.19. The Labute approximate surface area is 115 Å². The van der Waals surface area contributed by atoms with Crippen LogP contribution in [0.25, 0.3) is 0 Å². The number of nitrogens with zero attached hydrogens (tertiary/aromatic N) is 1. The molecule has 1 atom stereocenters. The highest BCUT2D eigenvalue weighted by Gasteiger charge is 2.38. The molecular weight excluding hydrogens is 354 g/mol. The molecule has 1 aliphatic rings. The largest absolute Gasteiger partial charge is 0.481 e. The quantitative estimate of drug-likeness (QED) is 0.823. The predicted molar refractivity (Wildman–Crippen MR) is 69.9 cm³/mol. The molecule has 0 saturated carbocycles. The van der Waals surface area contributed by atoms with Crippen LogP contribution in [0.1, 0.15) is 6.42 Å². The summed E-state index contributed by atoms with van der Waals surface area (Å²) in [7, 11) is 0. The van der Waals surface area contributed by atoms with Gasteiger partial charge in [-0.2, -0.15) is 0 Å². The number of carboxylic acids is 1. The van der Waals surface area contributed by atoms with Crippen molar-refractivity contribution in [3.8, 4) is 0 Å². The van der Waals surface area contributed by atoms with E-state index in [1.165, 1.54) is 4.90 Å². The van der Waals surface area contributed by atoms with E-state index in [4.69, 9.17) is 5.11 Å². The van der Waals surface area contributed by atoms with Crippen molar-refractivity contribution in [1.29, 1.82) is 0 Å². The highest BCUT2D eigenvalue weighted by atomic mass is 79.9. The van der Waals surface area contributed by atoms with Crippen molar-refractivity contribution < 1.29 is 14.7 Å². The average Bonchev–Trinajstić information content (AvgIpc) is 2.61. The summed E-state index contributed by atoms with van der Waals surface area (Å²) < 4.78 is 1.54. The summed E-state index contributed by atoms with van der Waals surface area (Å²) >= 11 is 6.74. The molecule has 1 amide bonds. The summed E-state index contributed by atoms with van der Waals surface area (Å²) in [5.41, 5.74) is 0.696. The summed E-state index contributed by atoms with van der Waals surface area (Å²) in [6, 6.07) is 5.48. The Balaban J connectivity index is 2.37. The minimum absolute atomic E-state index is 0.349. The van der Waals surface area contributed by atoms with Crippen LogP contribution in [0.3, 0.4) is 0 Å². The third-order valence-corrected chi connectivity index (χ3v) is 3.99. The van der Waals surface area contributed by atoms with Crippen LogP contribution < -0.4 is 4.90 Å². The number of carbonyl (C=O) groups is 2. The Morgan fingerprint density at radius 3 is 2.41 bits per heavy atom. The van der Waals surface area contributed by atoms with Gasteiger partial charge < -0.3 is 10.0 Å². The zero-order valence-corrected chi connectivity index (χ0v) is 11.9. The first-order valence-corrected chi connectivity index (χ1v) is 6.59. The summed E-state index contributed by atoms with van der Waals surface area (Å²) in [5.74, 6) is -2.33. The van der Waals surface area contributed by atoms with Gasteiger partial charge in [0.25, 0.3) is 0 Å². The van der Waals surface area contributed by atoms with Crippen LogP contribution >= 0.6 is 31.9 Å². The molecule has 1 aliphatic heterocycles. The summed E-state index contributed by atoms with van der Waals surface area (Å²) in [5, 5.41) is 8.92. The first-order chi connectivity index (χ1) is 8.02. The highest BCUT2D eigenvalue weighted by Crippen LogP contribution is 2.37. The van der Waals surface area contributed by atoms with Crippen molar-refractivity contribution in [3.05, 3.63) is 27.1 Å². The minimum atomic E-state index is -1.05. The number of halogens is 2. The lowest BCUT2D eigenvalue weighted by Crippen LogP contribution is -2.30. The molecule has 0 aliphatic carbocycles. The van der Waals surface area contributed by atoms with Gasteiger partial charge in [0.15, 0.2) is 0 Å². The second-order valence-corrected chi connectivity index (χ2v) is 5.45. The van der Waals surface area contributed by atoms with Crippen LogP contribution in [0, 0.1) is 5.92 Å². The van der Waals surface area contributed by atoms with E-state index >= 15 is 0 Å². The van der Waals surface area contributed by atoms with Gasteiger partial charge in [0.05, 0.1) is 5.69 Å². The van der Waals surface area contributed by atoms with E-state index < -0.39 is 11.9 Å². The second kappa shape index (κ2) is 4.78. The van der Waals surface area contributed by atoms with Crippen molar-refractivity contribution in [2.75, 3.05) is 11.4 Å². The zero-order valence-electron chi connectivity index (χ0n) is 8.69. The zero-order chi connectivity index (χ0) is 12.6. The molecule has 1 unspecified atom stereocenters. The molecule has 0 aromatic heterocycles. The SMILES string of the molecule is O=C(O)C1CCN(c2c(Br)cccc2Br)C1=O. The number of rotatable bonds is 2. The second-order valence-electron chi connectivity index (χ2n) is 3.74. The maximum atomic E-state index is 12.0. The Bertz CT molecular complexity index is 469. The standard InChI is InChI=1S/C11H9Br2NO3/c12-7-2-1-3-8(13)9(7)14-5-4-6(10(14)15)11(16)17/h1-3,6H,4-5H2,(H,16,17). The topological polar surface area (TPSA) is 57.6 Å². The number of anilines is 1. The molecule has 4 nitrogen and oxygen atoms in total. The van der Waals surface area contributed by atoms with Gasteiger partial charge in [-0.3, -0.25) is 9.59 Å². The van der Waals surface area contributed by atoms with E-state index in [1.54, 1.807) is 0 Å². The van der Waals surface area contributed by atoms with Crippen LogP contribution in [0.4, 0.5) is 5.69 Å². The summed E-state index contributed by atoms with van der Waals surface area (Å²) in [6.45, 7) is 0.428. The van der Waals surface area contributed by atoms with Gasteiger partial charge in [-0.15, -0.1) is 0 Å². The van der Waals surface area contributed by atoms with Gasteiger partial charge in [0.2, 0.25) is 5.91 Å². The molecule has 1 N–H and O–H groups in total. The Morgan fingerprint density at radius 2 is 1.94 bits per heavy atom. The van der Waals surface area contributed by atoms with Gasteiger partial charge in [-0.1, -0.05) is 6.07 Å². The van der Waals surface area contributed by atoms with Gasteiger partial charge >= 0.3 is 5.97 Å². The van der Waals surface area contributed by atoms with E-state index in [0.717, 1.165) is 8.95 Å². The smallest absolute Gasteiger partial charge is 0.316 e. The minimum Gasteiger partial charge on any atom is -0.481 e. The van der Waals surface area contributed by atoms with E-state index in [9.17, 15) is 9.59 Å². The molecule has 6 heteroatoms. The average molecular weight is 363 g/mol.